The van der Waals surface area contributed by atoms with E-state index in [4.69, 9.17) is 0 Å². The molecule has 0 N–H and O–H groups in total. The monoisotopic (exact) mass is 357 g/mol. The molecule has 0 amide bonds. The summed E-state index contributed by atoms with van der Waals surface area (Å²) in [6, 6.07) is 15.4. The van der Waals surface area contributed by atoms with E-state index in [1.165, 1.54) is 22.3 Å². The van der Waals surface area contributed by atoms with Crippen LogP contribution in [0.3, 0.4) is 0 Å². The first-order valence-electron chi connectivity index (χ1n) is 9.79. The highest BCUT2D eigenvalue weighted by Crippen LogP contribution is 2.28. The molecule has 0 radical (unpaired) electrons. The van der Waals surface area contributed by atoms with Gasteiger partial charge in [0.2, 0.25) is 0 Å². The third kappa shape index (κ3) is 5.69. The zero-order chi connectivity index (χ0) is 20.0. The molecule has 2 rings (SSSR count). The minimum absolute atomic E-state index is 0.460. The van der Waals surface area contributed by atoms with Crippen LogP contribution in [0.15, 0.2) is 49.1 Å². The van der Waals surface area contributed by atoms with E-state index in [0.717, 1.165) is 41.5 Å². The summed E-state index contributed by atoms with van der Waals surface area (Å²) in [4.78, 5) is 0. The van der Waals surface area contributed by atoms with Crippen molar-refractivity contribution in [3.8, 4) is 6.07 Å². The largest absolute Gasteiger partial charge is 0.192 e. The minimum Gasteiger partial charge on any atom is -0.192 e. The van der Waals surface area contributed by atoms with Crippen molar-refractivity contribution in [3.63, 3.8) is 0 Å². The smallest absolute Gasteiger partial charge is 0.0998 e. The van der Waals surface area contributed by atoms with E-state index < -0.39 is 0 Å². The molecular formula is C26H31N. The molecule has 0 bridgehead atoms. The summed E-state index contributed by atoms with van der Waals surface area (Å²) in [5, 5.41) is 9.64. The number of hydrogen-bond donors (Lipinski definition) is 0. The number of allylic oxidation sites excluding steroid dienone is 3. The van der Waals surface area contributed by atoms with Crippen LogP contribution in [-0.2, 0) is 12.8 Å². The predicted molar refractivity (Wildman–Crippen MR) is 118 cm³/mol. The van der Waals surface area contributed by atoms with Gasteiger partial charge in [-0.2, -0.15) is 5.26 Å². The van der Waals surface area contributed by atoms with Gasteiger partial charge in [-0.15, -0.1) is 0 Å². The number of benzene rings is 2. The molecule has 0 atom stereocenters. The van der Waals surface area contributed by atoms with Crippen LogP contribution in [0, 0.1) is 24.2 Å². The molecular weight excluding hydrogens is 326 g/mol. The second-order valence-electron chi connectivity index (χ2n) is 7.88. The topological polar surface area (TPSA) is 23.8 Å². The number of rotatable bonds is 7. The molecule has 0 aromatic heterocycles. The zero-order valence-corrected chi connectivity index (χ0v) is 17.4. The van der Waals surface area contributed by atoms with E-state index in [0.29, 0.717) is 5.92 Å². The van der Waals surface area contributed by atoms with Crippen molar-refractivity contribution in [2.75, 3.05) is 0 Å². The van der Waals surface area contributed by atoms with E-state index in [9.17, 15) is 5.26 Å². The van der Waals surface area contributed by atoms with Crippen molar-refractivity contribution < 1.29 is 0 Å². The van der Waals surface area contributed by atoms with Crippen LogP contribution in [0.5, 0.6) is 0 Å². The van der Waals surface area contributed by atoms with Crippen LogP contribution >= 0.6 is 0 Å². The molecule has 0 aliphatic rings. The van der Waals surface area contributed by atoms with E-state index in [1.807, 2.05) is 13.0 Å². The Morgan fingerprint density at radius 3 is 2.44 bits per heavy atom. The van der Waals surface area contributed by atoms with Crippen LogP contribution < -0.4 is 0 Å². The van der Waals surface area contributed by atoms with Gasteiger partial charge in [0.25, 0.3) is 0 Å². The Morgan fingerprint density at radius 1 is 1.11 bits per heavy atom. The van der Waals surface area contributed by atoms with Crippen molar-refractivity contribution in [1.29, 1.82) is 5.26 Å². The van der Waals surface area contributed by atoms with E-state index in [-0.39, 0.29) is 0 Å². The molecule has 0 spiro atoms. The standard InChI is InChI=1S/C26H31N/c1-18(2)13-21(6)26-15-23(25(19(3)4)16-24(26)17-27)12-8-11-22-10-7-9-20(5)14-22/h7,9-10,13-16,18H,3,8,11-12H2,1-2,4-6H3/b21-13+. The normalized spacial score (nSPS) is 11.5. The molecule has 0 fully saturated rings. The lowest BCUT2D eigenvalue weighted by Crippen LogP contribution is -2.00. The summed E-state index contributed by atoms with van der Waals surface area (Å²) in [7, 11) is 0. The summed E-state index contributed by atoms with van der Waals surface area (Å²) in [6.07, 6.45) is 5.37. The summed E-state index contributed by atoms with van der Waals surface area (Å²) in [6.45, 7) is 14.7. The van der Waals surface area contributed by atoms with Gasteiger partial charge in [-0.1, -0.05) is 61.9 Å². The van der Waals surface area contributed by atoms with Crippen LogP contribution in [0.1, 0.15) is 67.5 Å². The van der Waals surface area contributed by atoms with Gasteiger partial charge < -0.3 is 0 Å². The SMILES string of the molecule is C=C(C)c1cc(C#N)c(/C(C)=C/C(C)C)cc1CCCc1cccc(C)c1. The highest BCUT2D eigenvalue weighted by atomic mass is 14.3. The number of aryl methyl sites for hydroxylation is 3. The molecule has 2 aromatic rings. The average Bonchev–Trinajstić information content (AvgIpc) is 2.60. The molecule has 1 nitrogen and oxygen atoms in total. The molecule has 2 aromatic carbocycles. The maximum absolute atomic E-state index is 9.64. The Balaban J connectivity index is 2.32. The van der Waals surface area contributed by atoms with Gasteiger partial charge >= 0.3 is 0 Å². The molecule has 140 valence electrons. The Morgan fingerprint density at radius 2 is 1.85 bits per heavy atom. The van der Waals surface area contributed by atoms with Crippen molar-refractivity contribution in [2.24, 2.45) is 5.92 Å². The third-order valence-corrected chi connectivity index (χ3v) is 4.83. The van der Waals surface area contributed by atoms with Crippen LogP contribution in [0.2, 0.25) is 0 Å². The lowest BCUT2D eigenvalue weighted by Gasteiger charge is -2.15. The molecule has 0 saturated carbocycles. The first-order valence-corrected chi connectivity index (χ1v) is 9.79. The Bertz CT molecular complexity index is 891. The molecule has 27 heavy (non-hydrogen) atoms. The lowest BCUT2D eigenvalue weighted by molar-refractivity contribution is 0.817. The van der Waals surface area contributed by atoms with Crippen LogP contribution in [0.4, 0.5) is 0 Å². The van der Waals surface area contributed by atoms with Crippen molar-refractivity contribution in [3.05, 3.63) is 82.4 Å². The number of nitrogens with zero attached hydrogens (tertiary/aromatic N) is 1. The first kappa shape index (κ1) is 20.7. The Kier molecular flexibility index (Phi) is 7.19. The Hall–Kier alpha value is -2.59. The van der Waals surface area contributed by atoms with Gasteiger partial charge in [0, 0.05) is 0 Å². The fourth-order valence-corrected chi connectivity index (χ4v) is 3.61. The Labute approximate surface area is 165 Å². The van der Waals surface area contributed by atoms with Gasteiger partial charge in [-0.3, -0.25) is 0 Å². The van der Waals surface area contributed by atoms with Gasteiger partial charge in [-0.05, 0) is 85.9 Å². The quantitative estimate of drug-likeness (QED) is 0.517. The van der Waals surface area contributed by atoms with Gasteiger partial charge in [-0.25, -0.2) is 0 Å². The zero-order valence-electron chi connectivity index (χ0n) is 17.4. The third-order valence-electron chi connectivity index (χ3n) is 4.83. The fourth-order valence-electron chi connectivity index (χ4n) is 3.61. The summed E-state index contributed by atoms with van der Waals surface area (Å²) in [5.74, 6) is 0.460. The van der Waals surface area contributed by atoms with E-state index in [2.05, 4.69) is 76.8 Å². The van der Waals surface area contributed by atoms with Gasteiger partial charge in [0.05, 0.1) is 11.6 Å². The van der Waals surface area contributed by atoms with Crippen LogP contribution in [0.25, 0.3) is 11.1 Å². The summed E-state index contributed by atoms with van der Waals surface area (Å²) in [5.41, 5.74) is 9.11. The maximum atomic E-state index is 9.64. The predicted octanol–water partition coefficient (Wildman–Crippen LogP) is 7.13. The number of nitriles is 1. The van der Waals surface area contributed by atoms with Crippen molar-refractivity contribution in [1.82, 2.24) is 0 Å². The highest BCUT2D eigenvalue weighted by Gasteiger charge is 2.12. The van der Waals surface area contributed by atoms with E-state index >= 15 is 0 Å². The molecule has 0 heterocycles. The first-order chi connectivity index (χ1) is 12.8. The lowest BCUT2D eigenvalue weighted by atomic mass is 9.89. The average molecular weight is 358 g/mol. The molecule has 1 heteroatoms. The minimum atomic E-state index is 0.460. The van der Waals surface area contributed by atoms with E-state index in [1.54, 1.807) is 0 Å². The second kappa shape index (κ2) is 9.38. The molecule has 0 aliphatic heterocycles. The highest BCUT2D eigenvalue weighted by molar-refractivity contribution is 5.75. The summed E-state index contributed by atoms with van der Waals surface area (Å²) >= 11 is 0. The summed E-state index contributed by atoms with van der Waals surface area (Å²) < 4.78 is 0. The molecule has 0 unspecified atom stereocenters. The van der Waals surface area contributed by atoms with Crippen LogP contribution in [-0.4, -0.2) is 0 Å². The molecule has 0 aliphatic carbocycles. The maximum Gasteiger partial charge on any atom is 0.0998 e. The fraction of sp³-hybridized carbons (Fsp3) is 0.346. The number of hydrogen-bond acceptors (Lipinski definition) is 1. The molecule has 0 saturated heterocycles. The van der Waals surface area contributed by atoms with Crippen molar-refractivity contribution >= 4 is 11.1 Å². The van der Waals surface area contributed by atoms with Gasteiger partial charge in [0.15, 0.2) is 0 Å². The van der Waals surface area contributed by atoms with Crippen molar-refractivity contribution in [2.45, 2.75) is 53.9 Å². The van der Waals surface area contributed by atoms with Gasteiger partial charge in [0.1, 0.15) is 0 Å². The second-order valence-corrected chi connectivity index (χ2v) is 7.88.